The third-order valence-corrected chi connectivity index (χ3v) is 3.96. The SMILES string of the molecule is Cc1ccccc1COC(=O)NCCC[C@H](N)C(=O)Nc1ccccc1. The molecule has 2 aromatic rings. The summed E-state index contributed by atoms with van der Waals surface area (Å²) in [5.74, 6) is -0.238. The molecule has 0 saturated heterocycles. The Kier molecular flexibility index (Phi) is 7.64. The molecular weight excluding hydrogens is 330 g/mol. The number of aryl methyl sites for hydroxylation is 1. The molecule has 0 spiro atoms. The fraction of sp³-hybridized carbons (Fsp3) is 0.300. The summed E-state index contributed by atoms with van der Waals surface area (Å²) in [5, 5.41) is 5.43. The molecule has 0 aliphatic carbocycles. The zero-order valence-corrected chi connectivity index (χ0v) is 14.9. The minimum Gasteiger partial charge on any atom is -0.445 e. The van der Waals surface area contributed by atoms with E-state index in [1.54, 1.807) is 12.1 Å². The van der Waals surface area contributed by atoms with Gasteiger partial charge in [-0.05, 0) is 43.0 Å². The van der Waals surface area contributed by atoms with Gasteiger partial charge >= 0.3 is 6.09 Å². The van der Waals surface area contributed by atoms with E-state index in [9.17, 15) is 9.59 Å². The number of carbonyl (C=O) groups excluding carboxylic acids is 2. The van der Waals surface area contributed by atoms with Crippen molar-refractivity contribution in [3.05, 3.63) is 65.7 Å². The lowest BCUT2D eigenvalue weighted by Crippen LogP contribution is -2.36. The third-order valence-electron chi connectivity index (χ3n) is 3.96. The quantitative estimate of drug-likeness (QED) is 0.635. The smallest absolute Gasteiger partial charge is 0.407 e. The summed E-state index contributed by atoms with van der Waals surface area (Å²) in [6.45, 7) is 2.61. The molecule has 0 saturated carbocycles. The molecule has 0 aliphatic heterocycles. The van der Waals surface area contributed by atoms with Crippen LogP contribution < -0.4 is 16.4 Å². The normalized spacial score (nSPS) is 11.5. The van der Waals surface area contributed by atoms with E-state index >= 15 is 0 Å². The minimum absolute atomic E-state index is 0.234. The summed E-state index contributed by atoms with van der Waals surface area (Å²) in [4.78, 5) is 23.7. The Bertz CT molecular complexity index is 719. The fourth-order valence-electron chi connectivity index (χ4n) is 2.37. The molecule has 6 heteroatoms. The van der Waals surface area contributed by atoms with Gasteiger partial charge < -0.3 is 21.1 Å². The van der Waals surface area contributed by atoms with Crippen LogP contribution in [0.15, 0.2) is 54.6 Å². The Balaban J connectivity index is 1.61. The van der Waals surface area contributed by atoms with E-state index in [1.165, 1.54) is 0 Å². The van der Waals surface area contributed by atoms with Crippen LogP contribution in [-0.2, 0) is 16.1 Å². The highest BCUT2D eigenvalue weighted by Gasteiger charge is 2.13. The number of alkyl carbamates (subject to hydrolysis) is 1. The maximum Gasteiger partial charge on any atom is 0.407 e. The van der Waals surface area contributed by atoms with Crippen molar-refractivity contribution in [2.75, 3.05) is 11.9 Å². The topological polar surface area (TPSA) is 93.4 Å². The summed E-state index contributed by atoms with van der Waals surface area (Å²) in [6.07, 6.45) is 0.579. The first-order valence-electron chi connectivity index (χ1n) is 8.63. The van der Waals surface area contributed by atoms with Crippen molar-refractivity contribution in [3.8, 4) is 0 Å². The first-order chi connectivity index (χ1) is 12.6. The van der Waals surface area contributed by atoms with E-state index < -0.39 is 12.1 Å². The Morgan fingerprint density at radius 1 is 1.08 bits per heavy atom. The van der Waals surface area contributed by atoms with Gasteiger partial charge in [0, 0.05) is 12.2 Å². The van der Waals surface area contributed by atoms with Crippen molar-refractivity contribution in [2.24, 2.45) is 5.73 Å². The standard InChI is InChI=1S/C20H25N3O3/c1-15-8-5-6-9-16(15)14-26-20(25)22-13-7-12-18(21)19(24)23-17-10-3-2-4-11-17/h2-6,8-11,18H,7,12-14,21H2,1H3,(H,22,25)(H,23,24)/t18-/m0/s1. The molecule has 1 atom stereocenters. The maximum atomic E-state index is 12.0. The van der Waals surface area contributed by atoms with Gasteiger partial charge in [0.2, 0.25) is 5.91 Å². The van der Waals surface area contributed by atoms with Crippen molar-refractivity contribution < 1.29 is 14.3 Å². The molecule has 0 aliphatic rings. The highest BCUT2D eigenvalue weighted by atomic mass is 16.5. The highest BCUT2D eigenvalue weighted by molar-refractivity contribution is 5.94. The van der Waals surface area contributed by atoms with Gasteiger partial charge in [-0.3, -0.25) is 4.79 Å². The molecule has 4 N–H and O–H groups in total. The van der Waals surface area contributed by atoms with Gasteiger partial charge in [-0.25, -0.2) is 4.79 Å². The Hall–Kier alpha value is -2.86. The lowest BCUT2D eigenvalue weighted by atomic mass is 10.1. The number of benzene rings is 2. The molecule has 0 radical (unpaired) electrons. The van der Waals surface area contributed by atoms with E-state index in [0.717, 1.165) is 11.1 Å². The summed E-state index contributed by atoms with van der Waals surface area (Å²) in [5.41, 5.74) is 8.64. The average molecular weight is 355 g/mol. The first-order valence-corrected chi connectivity index (χ1v) is 8.63. The first kappa shape index (κ1) is 19.5. The average Bonchev–Trinajstić information content (AvgIpc) is 2.65. The molecule has 26 heavy (non-hydrogen) atoms. The molecule has 138 valence electrons. The Morgan fingerprint density at radius 3 is 2.50 bits per heavy atom. The largest absolute Gasteiger partial charge is 0.445 e. The van der Waals surface area contributed by atoms with Gasteiger partial charge in [0.1, 0.15) is 6.61 Å². The summed E-state index contributed by atoms with van der Waals surface area (Å²) in [6, 6.07) is 16.3. The number of carbonyl (C=O) groups is 2. The Labute approximate surface area is 153 Å². The van der Waals surface area contributed by atoms with Crippen molar-refractivity contribution in [3.63, 3.8) is 0 Å². The monoisotopic (exact) mass is 355 g/mol. The van der Waals surface area contributed by atoms with Gasteiger partial charge in [0.25, 0.3) is 0 Å². The number of nitrogens with two attached hydrogens (primary N) is 1. The van der Waals surface area contributed by atoms with Crippen molar-refractivity contribution in [1.82, 2.24) is 5.32 Å². The molecule has 2 amide bonds. The highest BCUT2D eigenvalue weighted by Crippen LogP contribution is 2.08. The van der Waals surface area contributed by atoms with E-state index in [4.69, 9.17) is 10.5 Å². The third kappa shape index (κ3) is 6.57. The number of ether oxygens (including phenoxy) is 1. The molecule has 0 aromatic heterocycles. The zero-order valence-electron chi connectivity index (χ0n) is 14.9. The van der Waals surface area contributed by atoms with E-state index in [2.05, 4.69) is 10.6 Å². The van der Waals surface area contributed by atoms with Gasteiger partial charge in [-0.1, -0.05) is 42.5 Å². The van der Waals surface area contributed by atoms with Crippen molar-refractivity contribution in [2.45, 2.75) is 32.4 Å². The van der Waals surface area contributed by atoms with Gasteiger partial charge in [0.15, 0.2) is 0 Å². The predicted molar refractivity (Wildman–Crippen MR) is 102 cm³/mol. The van der Waals surface area contributed by atoms with Crippen molar-refractivity contribution >= 4 is 17.7 Å². The van der Waals surface area contributed by atoms with E-state index in [0.29, 0.717) is 25.1 Å². The molecule has 0 unspecified atom stereocenters. The lowest BCUT2D eigenvalue weighted by Gasteiger charge is -2.13. The summed E-state index contributed by atoms with van der Waals surface area (Å²) < 4.78 is 5.18. The molecule has 0 bridgehead atoms. The fourth-order valence-corrected chi connectivity index (χ4v) is 2.37. The van der Waals surface area contributed by atoms with Gasteiger partial charge in [0.05, 0.1) is 6.04 Å². The minimum atomic E-state index is -0.625. The second-order valence-electron chi connectivity index (χ2n) is 6.03. The molecule has 0 fully saturated rings. The van der Waals surface area contributed by atoms with Gasteiger partial charge in [-0.15, -0.1) is 0 Å². The second kappa shape index (κ2) is 10.2. The molecule has 2 rings (SSSR count). The summed E-state index contributed by atoms with van der Waals surface area (Å²) in [7, 11) is 0. The van der Waals surface area contributed by atoms with E-state index in [-0.39, 0.29) is 12.5 Å². The predicted octanol–water partition coefficient (Wildman–Crippen LogP) is 2.97. The Morgan fingerprint density at radius 2 is 1.77 bits per heavy atom. The van der Waals surface area contributed by atoms with Crippen LogP contribution in [0, 0.1) is 6.92 Å². The summed E-state index contributed by atoms with van der Waals surface area (Å²) >= 11 is 0. The molecule has 2 aromatic carbocycles. The van der Waals surface area contributed by atoms with Crippen LogP contribution in [-0.4, -0.2) is 24.6 Å². The molecular formula is C20H25N3O3. The van der Waals surface area contributed by atoms with Crippen LogP contribution in [0.3, 0.4) is 0 Å². The number of nitrogens with one attached hydrogen (secondary N) is 2. The zero-order chi connectivity index (χ0) is 18.8. The van der Waals surface area contributed by atoms with Crippen LogP contribution in [0.25, 0.3) is 0 Å². The number of rotatable bonds is 8. The number of para-hydroxylation sites is 1. The number of hydrogen-bond donors (Lipinski definition) is 3. The van der Waals surface area contributed by atoms with Gasteiger partial charge in [-0.2, -0.15) is 0 Å². The number of amides is 2. The lowest BCUT2D eigenvalue weighted by molar-refractivity contribution is -0.117. The van der Waals surface area contributed by atoms with Crippen molar-refractivity contribution in [1.29, 1.82) is 0 Å². The van der Waals surface area contributed by atoms with Crippen LogP contribution >= 0.6 is 0 Å². The second-order valence-corrected chi connectivity index (χ2v) is 6.03. The van der Waals surface area contributed by atoms with Crippen LogP contribution in [0.2, 0.25) is 0 Å². The maximum absolute atomic E-state index is 12.0. The van der Waals surface area contributed by atoms with Crippen LogP contribution in [0.1, 0.15) is 24.0 Å². The molecule has 0 heterocycles. The number of hydrogen-bond acceptors (Lipinski definition) is 4. The molecule has 6 nitrogen and oxygen atoms in total. The van der Waals surface area contributed by atoms with E-state index in [1.807, 2.05) is 49.4 Å². The number of anilines is 1. The van der Waals surface area contributed by atoms with Crippen LogP contribution in [0.4, 0.5) is 10.5 Å². The van der Waals surface area contributed by atoms with Crippen LogP contribution in [0.5, 0.6) is 0 Å².